The predicted octanol–water partition coefficient (Wildman–Crippen LogP) is 1.75. The van der Waals surface area contributed by atoms with Crippen molar-refractivity contribution < 1.29 is 14.0 Å². The summed E-state index contributed by atoms with van der Waals surface area (Å²) >= 11 is 0. The maximum absolute atomic E-state index is 12.3. The van der Waals surface area contributed by atoms with Gasteiger partial charge in [0.05, 0.1) is 6.26 Å². The molecule has 0 aliphatic carbocycles. The lowest BCUT2D eigenvalue weighted by molar-refractivity contribution is -0.124. The Kier molecular flexibility index (Phi) is 5.30. The fraction of sp³-hybridized carbons (Fsp3) is 0.312. The van der Waals surface area contributed by atoms with Gasteiger partial charge in [0.15, 0.2) is 5.76 Å². The van der Waals surface area contributed by atoms with E-state index in [2.05, 4.69) is 15.6 Å². The smallest absolute Gasteiger partial charge is 0.287 e. The van der Waals surface area contributed by atoms with E-state index in [0.29, 0.717) is 6.54 Å². The van der Waals surface area contributed by atoms with Crippen LogP contribution in [0.4, 0.5) is 0 Å². The van der Waals surface area contributed by atoms with Gasteiger partial charge < -0.3 is 15.1 Å². The Hall–Kier alpha value is -2.63. The molecule has 0 fully saturated rings. The first-order valence-electron chi connectivity index (χ1n) is 7.09. The zero-order valence-electron chi connectivity index (χ0n) is 12.6. The fourth-order valence-corrected chi connectivity index (χ4v) is 1.96. The molecule has 0 bridgehead atoms. The zero-order chi connectivity index (χ0) is 15.9. The zero-order valence-corrected chi connectivity index (χ0v) is 12.6. The molecule has 0 aliphatic rings. The number of carbonyl (C=O) groups is 2. The number of nitrogens with zero attached hydrogens (tertiary/aromatic N) is 1. The van der Waals surface area contributed by atoms with Crippen molar-refractivity contribution in [2.45, 2.75) is 26.4 Å². The largest absolute Gasteiger partial charge is 0.459 e. The second-order valence-electron chi connectivity index (χ2n) is 5.25. The van der Waals surface area contributed by atoms with Crippen LogP contribution in [0.25, 0.3) is 0 Å². The summed E-state index contributed by atoms with van der Waals surface area (Å²) in [5, 5.41) is 5.50. The van der Waals surface area contributed by atoms with Crippen LogP contribution in [0.2, 0.25) is 0 Å². The van der Waals surface area contributed by atoms with Gasteiger partial charge in [-0.25, -0.2) is 0 Å². The fourth-order valence-electron chi connectivity index (χ4n) is 1.96. The maximum atomic E-state index is 12.3. The number of nitrogens with one attached hydrogen (secondary N) is 2. The van der Waals surface area contributed by atoms with Gasteiger partial charge in [-0.2, -0.15) is 0 Å². The van der Waals surface area contributed by atoms with Crippen LogP contribution in [0.5, 0.6) is 0 Å². The van der Waals surface area contributed by atoms with E-state index < -0.39 is 11.9 Å². The van der Waals surface area contributed by atoms with E-state index in [0.717, 1.165) is 5.56 Å². The molecule has 0 aliphatic heterocycles. The molecule has 6 heteroatoms. The molecule has 0 unspecified atom stereocenters. The predicted molar refractivity (Wildman–Crippen MR) is 80.9 cm³/mol. The van der Waals surface area contributed by atoms with Crippen molar-refractivity contribution in [3.8, 4) is 0 Å². The Balaban J connectivity index is 1.95. The summed E-state index contributed by atoms with van der Waals surface area (Å²) in [6.07, 6.45) is 4.78. The Morgan fingerprint density at radius 2 is 2.09 bits per heavy atom. The van der Waals surface area contributed by atoms with Gasteiger partial charge in [0.2, 0.25) is 5.91 Å². The molecule has 22 heavy (non-hydrogen) atoms. The van der Waals surface area contributed by atoms with Crippen molar-refractivity contribution in [1.29, 1.82) is 0 Å². The third-order valence-electron chi connectivity index (χ3n) is 3.17. The molecule has 0 spiro atoms. The van der Waals surface area contributed by atoms with Crippen molar-refractivity contribution >= 4 is 11.8 Å². The average Bonchev–Trinajstić information content (AvgIpc) is 3.05. The lowest BCUT2D eigenvalue weighted by Gasteiger charge is -2.21. The lowest BCUT2D eigenvalue weighted by Crippen LogP contribution is -2.49. The Bertz CT molecular complexity index is 609. The lowest BCUT2D eigenvalue weighted by atomic mass is 10.0. The highest BCUT2D eigenvalue weighted by atomic mass is 16.3. The summed E-state index contributed by atoms with van der Waals surface area (Å²) < 4.78 is 5.03. The second kappa shape index (κ2) is 7.40. The summed E-state index contributed by atoms with van der Waals surface area (Å²) in [6.45, 7) is 4.11. The molecule has 0 saturated heterocycles. The Labute approximate surface area is 128 Å². The van der Waals surface area contributed by atoms with E-state index in [1.165, 1.54) is 6.26 Å². The van der Waals surface area contributed by atoms with Gasteiger partial charge in [-0.05, 0) is 29.7 Å². The summed E-state index contributed by atoms with van der Waals surface area (Å²) in [5.41, 5.74) is 0.899. The molecule has 2 rings (SSSR count). The molecule has 2 N–H and O–H groups in total. The van der Waals surface area contributed by atoms with Crippen LogP contribution >= 0.6 is 0 Å². The number of pyridine rings is 1. The Morgan fingerprint density at radius 3 is 2.68 bits per heavy atom. The van der Waals surface area contributed by atoms with Gasteiger partial charge in [-0.15, -0.1) is 0 Å². The van der Waals surface area contributed by atoms with Gasteiger partial charge in [-0.1, -0.05) is 19.9 Å². The first-order chi connectivity index (χ1) is 10.6. The highest BCUT2D eigenvalue weighted by molar-refractivity contribution is 5.95. The summed E-state index contributed by atoms with van der Waals surface area (Å²) in [5.74, 6) is -0.502. The topological polar surface area (TPSA) is 84.2 Å². The molecule has 2 aromatic heterocycles. The van der Waals surface area contributed by atoms with E-state index in [4.69, 9.17) is 4.42 Å². The summed E-state index contributed by atoms with van der Waals surface area (Å²) in [6, 6.07) is 6.23. The van der Waals surface area contributed by atoms with Crippen molar-refractivity contribution in [3.05, 3.63) is 54.2 Å². The van der Waals surface area contributed by atoms with Crippen molar-refractivity contribution in [3.63, 3.8) is 0 Å². The minimum atomic E-state index is -0.630. The van der Waals surface area contributed by atoms with Crippen LogP contribution in [0.1, 0.15) is 30.0 Å². The van der Waals surface area contributed by atoms with Crippen LogP contribution in [0.3, 0.4) is 0 Å². The number of carbonyl (C=O) groups excluding carboxylic acids is 2. The quantitative estimate of drug-likeness (QED) is 0.851. The van der Waals surface area contributed by atoms with E-state index in [1.807, 2.05) is 19.9 Å². The maximum Gasteiger partial charge on any atom is 0.287 e. The van der Waals surface area contributed by atoms with E-state index in [1.54, 1.807) is 30.6 Å². The minimum absolute atomic E-state index is 0.0483. The Morgan fingerprint density at radius 1 is 1.27 bits per heavy atom. The number of aromatic nitrogens is 1. The number of amides is 2. The van der Waals surface area contributed by atoms with Gasteiger partial charge >= 0.3 is 0 Å². The third-order valence-corrected chi connectivity index (χ3v) is 3.17. The van der Waals surface area contributed by atoms with Crippen molar-refractivity contribution in [1.82, 2.24) is 15.6 Å². The highest BCUT2D eigenvalue weighted by Crippen LogP contribution is 2.06. The number of hydrogen-bond donors (Lipinski definition) is 2. The molecule has 6 nitrogen and oxygen atoms in total. The first-order valence-corrected chi connectivity index (χ1v) is 7.09. The second-order valence-corrected chi connectivity index (χ2v) is 5.25. The van der Waals surface area contributed by atoms with E-state index in [-0.39, 0.29) is 17.6 Å². The van der Waals surface area contributed by atoms with Gasteiger partial charge in [-0.3, -0.25) is 14.6 Å². The van der Waals surface area contributed by atoms with Crippen LogP contribution in [-0.2, 0) is 11.3 Å². The van der Waals surface area contributed by atoms with Crippen LogP contribution in [-0.4, -0.2) is 22.8 Å². The summed E-state index contributed by atoms with van der Waals surface area (Å²) in [7, 11) is 0. The van der Waals surface area contributed by atoms with Crippen LogP contribution in [0.15, 0.2) is 47.3 Å². The molecular formula is C16H19N3O3. The number of rotatable bonds is 6. The van der Waals surface area contributed by atoms with Gasteiger partial charge in [0.1, 0.15) is 6.04 Å². The molecule has 0 radical (unpaired) electrons. The highest BCUT2D eigenvalue weighted by Gasteiger charge is 2.25. The molecule has 2 amide bonds. The molecule has 1 atom stereocenters. The van der Waals surface area contributed by atoms with E-state index in [9.17, 15) is 9.59 Å². The molecule has 2 heterocycles. The average molecular weight is 301 g/mol. The molecule has 2 aromatic rings. The SMILES string of the molecule is CC(C)[C@@H](NC(=O)c1ccco1)C(=O)NCc1cccnc1. The number of hydrogen-bond acceptors (Lipinski definition) is 4. The normalized spacial score (nSPS) is 12.0. The summed E-state index contributed by atoms with van der Waals surface area (Å²) in [4.78, 5) is 28.3. The molecule has 0 saturated carbocycles. The minimum Gasteiger partial charge on any atom is -0.459 e. The van der Waals surface area contributed by atoms with Crippen molar-refractivity contribution in [2.24, 2.45) is 5.92 Å². The molecule has 0 aromatic carbocycles. The first kappa shape index (κ1) is 15.8. The van der Waals surface area contributed by atoms with Gasteiger partial charge in [0, 0.05) is 18.9 Å². The van der Waals surface area contributed by atoms with Crippen molar-refractivity contribution in [2.75, 3.05) is 0 Å². The third kappa shape index (κ3) is 4.18. The van der Waals surface area contributed by atoms with Crippen LogP contribution < -0.4 is 10.6 Å². The number of furan rings is 1. The van der Waals surface area contributed by atoms with E-state index >= 15 is 0 Å². The van der Waals surface area contributed by atoms with Gasteiger partial charge in [0.25, 0.3) is 5.91 Å². The molecular weight excluding hydrogens is 282 g/mol. The van der Waals surface area contributed by atoms with Crippen LogP contribution in [0, 0.1) is 5.92 Å². The monoisotopic (exact) mass is 301 g/mol. The molecule has 116 valence electrons. The standard InChI is InChI=1S/C16H19N3O3/c1-11(2)14(19-15(20)13-6-4-8-22-13)16(21)18-10-12-5-3-7-17-9-12/h3-9,11,14H,10H2,1-2H3,(H,18,21)(H,19,20)/t14-/m1/s1.